The molecule has 1 aromatic carbocycles. The minimum Gasteiger partial charge on any atom is -0.489 e. The van der Waals surface area contributed by atoms with E-state index in [1.54, 1.807) is 0 Å². The number of aromatic nitrogens is 1. The van der Waals surface area contributed by atoms with Gasteiger partial charge in [0.25, 0.3) is 0 Å². The summed E-state index contributed by atoms with van der Waals surface area (Å²) in [5.41, 5.74) is 4.72. The maximum Gasteiger partial charge on any atom is 0.119 e. The molecule has 0 saturated heterocycles. The summed E-state index contributed by atoms with van der Waals surface area (Å²) in [4.78, 5) is 4.34. The summed E-state index contributed by atoms with van der Waals surface area (Å²) >= 11 is 0. The van der Waals surface area contributed by atoms with E-state index in [1.807, 2.05) is 43.5 Å². The molecule has 0 aliphatic carbocycles. The van der Waals surface area contributed by atoms with Gasteiger partial charge in [0.15, 0.2) is 0 Å². The van der Waals surface area contributed by atoms with Gasteiger partial charge in [0.05, 0.1) is 0 Å². The van der Waals surface area contributed by atoms with E-state index in [9.17, 15) is 0 Å². The molecule has 0 amide bonds. The zero-order valence-electron chi connectivity index (χ0n) is 10.5. The summed E-state index contributed by atoms with van der Waals surface area (Å²) in [5, 5.41) is 0. The van der Waals surface area contributed by atoms with Crippen molar-refractivity contribution < 1.29 is 4.74 Å². The van der Waals surface area contributed by atoms with Crippen molar-refractivity contribution in [1.82, 2.24) is 4.98 Å². The van der Waals surface area contributed by atoms with E-state index >= 15 is 0 Å². The number of nitrogens with zero attached hydrogens (tertiary/aromatic N) is 1. The summed E-state index contributed by atoms with van der Waals surface area (Å²) in [6.07, 6.45) is 1.91. The second-order valence-corrected chi connectivity index (χ2v) is 4.23. The van der Waals surface area contributed by atoms with E-state index in [1.165, 1.54) is 16.7 Å². The van der Waals surface area contributed by atoms with E-state index in [2.05, 4.69) is 18.8 Å². The lowest BCUT2D eigenvalue weighted by atomic mass is 10.0. The molecule has 2 heteroatoms. The number of rotatable bonds is 3. The number of hydrogen-bond donors (Lipinski definition) is 0. The Morgan fingerprint density at radius 3 is 2.47 bits per heavy atom. The molecule has 0 saturated carbocycles. The Labute approximate surface area is 102 Å². The number of ether oxygens (including phenoxy) is 1. The summed E-state index contributed by atoms with van der Waals surface area (Å²) in [5.74, 6) is 0.903. The van der Waals surface area contributed by atoms with Crippen LogP contribution in [0.4, 0.5) is 0 Å². The van der Waals surface area contributed by atoms with Crippen molar-refractivity contribution in [3.8, 4) is 5.75 Å². The lowest BCUT2D eigenvalue weighted by Gasteiger charge is -2.12. The van der Waals surface area contributed by atoms with Gasteiger partial charge >= 0.3 is 0 Å². The third-order valence-corrected chi connectivity index (χ3v) is 3.05. The normalized spacial score (nSPS) is 10.3. The molecule has 17 heavy (non-hydrogen) atoms. The summed E-state index contributed by atoms with van der Waals surface area (Å²) in [6, 6.07) is 9.89. The molecular formula is C15H17NO. The van der Waals surface area contributed by atoms with E-state index in [4.69, 9.17) is 4.74 Å². The molecule has 1 aromatic heterocycles. The van der Waals surface area contributed by atoms with Crippen LogP contribution in [-0.4, -0.2) is 4.98 Å². The molecule has 88 valence electrons. The molecule has 0 aliphatic heterocycles. The minimum absolute atomic E-state index is 0.602. The van der Waals surface area contributed by atoms with Gasteiger partial charge in [-0.2, -0.15) is 0 Å². The van der Waals surface area contributed by atoms with Gasteiger partial charge in [-0.15, -0.1) is 0 Å². The van der Waals surface area contributed by atoms with Gasteiger partial charge in [-0.25, -0.2) is 0 Å². The number of aryl methyl sites for hydroxylation is 2. The molecule has 0 N–H and O–H groups in total. The van der Waals surface area contributed by atoms with Crippen molar-refractivity contribution in [2.24, 2.45) is 0 Å². The fourth-order valence-electron chi connectivity index (χ4n) is 1.78. The van der Waals surface area contributed by atoms with Crippen LogP contribution < -0.4 is 4.74 Å². The van der Waals surface area contributed by atoms with E-state index in [0.29, 0.717) is 6.61 Å². The Kier molecular flexibility index (Phi) is 3.43. The molecule has 0 bridgehead atoms. The Balaban J connectivity index is 2.17. The zero-order valence-corrected chi connectivity index (χ0v) is 10.5. The summed E-state index contributed by atoms with van der Waals surface area (Å²) in [6.45, 7) is 6.80. The van der Waals surface area contributed by atoms with Crippen molar-refractivity contribution in [2.75, 3.05) is 0 Å². The van der Waals surface area contributed by atoms with Crippen LogP contribution in [0, 0.1) is 20.8 Å². The molecule has 1 heterocycles. The highest BCUT2D eigenvalue weighted by Crippen LogP contribution is 2.18. The standard InChI is InChI=1S/C15H17NO/c1-11-9-16-13(3)12(2)15(11)10-17-14-7-5-4-6-8-14/h4-9H,10H2,1-3H3. The van der Waals surface area contributed by atoms with Crippen molar-refractivity contribution in [3.63, 3.8) is 0 Å². The van der Waals surface area contributed by atoms with E-state index in [0.717, 1.165) is 11.4 Å². The van der Waals surface area contributed by atoms with Gasteiger partial charge < -0.3 is 4.74 Å². The van der Waals surface area contributed by atoms with Crippen molar-refractivity contribution >= 4 is 0 Å². The first-order chi connectivity index (χ1) is 8.18. The highest BCUT2D eigenvalue weighted by Gasteiger charge is 2.06. The first kappa shape index (κ1) is 11.6. The lowest BCUT2D eigenvalue weighted by molar-refractivity contribution is 0.304. The van der Waals surface area contributed by atoms with Crippen molar-refractivity contribution in [1.29, 1.82) is 0 Å². The first-order valence-electron chi connectivity index (χ1n) is 5.78. The molecule has 0 fully saturated rings. The van der Waals surface area contributed by atoms with Gasteiger partial charge in [0.1, 0.15) is 12.4 Å². The average molecular weight is 227 g/mol. The van der Waals surface area contributed by atoms with Crippen LogP contribution in [0.3, 0.4) is 0 Å². The highest BCUT2D eigenvalue weighted by molar-refractivity contribution is 5.34. The SMILES string of the molecule is Cc1cnc(C)c(C)c1COc1ccccc1. The molecule has 0 atom stereocenters. The number of para-hydroxylation sites is 1. The first-order valence-corrected chi connectivity index (χ1v) is 5.78. The summed E-state index contributed by atoms with van der Waals surface area (Å²) < 4.78 is 5.78. The van der Waals surface area contributed by atoms with Crippen LogP contribution in [0.1, 0.15) is 22.4 Å². The highest BCUT2D eigenvalue weighted by atomic mass is 16.5. The van der Waals surface area contributed by atoms with Crippen LogP contribution in [0.2, 0.25) is 0 Å². The van der Waals surface area contributed by atoms with Crippen LogP contribution in [0.5, 0.6) is 5.75 Å². The van der Waals surface area contributed by atoms with Crippen LogP contribution in [0.15, 0.2) is 36.5 Å². The van der Waals surface area contributed by atoms with Crippen LogP contribution in [-0.2, 0) is 6.61 Å². The Bertz CT molecular complexity index is 506. The second-order valence-electron chi connectivity index (χ2n) is 4.23. The molecule has 0 unspecified atom stereocenters. The van der Waals surface area contributed by atoms with Gasteiger partial charge in [-0.1, -0.05) is 18.2 Å². The molecule has 0 aliphatic rings. The van der Waals surface area contributed by atoms with E-state index in [-0.39, 0.29) is 0 Å². The van der Waals surface area contributed by atoms with Crippen molar-refractivity contribution in [3.05, 3.63) is 58.9 Å². The predicted molar refractivity (Wildman–Crippen MR) is 69.2 cm³/mol. The monoisotopic (exact) mass is 227 g/mol. The van der Waals surface area contributed by atoms with Gasteiger partial charge in [0, 0.05) is 11.9 Å². The topological polar surface area (TPSA) is 22.1 Å². The van der Waals surface area contributed by atoms with Crippen LogP contribution in [0.25, 0.3) is 0 Å². The zero-order chi connectivity index (χ0) is 12.3. The third kappa shape index (κ3) is 2.64. The summed E-state index contributed by atoms with van der Waals surface area (Å²) in [7, 11) is 0. The quantitative estimate of drug-likeness (QED) is 0.799. The second kappa shape index (κ2) is 5.00. The molecule has 0 radical (unpaired) electrons. The maximum atomic E-state index is 5.78. The maximum absolute atomic E-state index is 5.78. The number of benzene rings is 1. The number of hydrogen-bond acceptors (Lipinski definition) is 2. The molecule has 2 rings (SSSR count). The lowest BCUT2D eigenvalue weighted by Crippen LogP contribution is -2.03. The molecule has 2 nitrogen and oxygen atoms in total. The van der Waals surface area contributed by atoms with Gasteiger partial charge in [-0.3, -0.25) is 4.98 Å². The minimum atomic E-state index is 0.602. The van der Waals surface area contributed by atoms with Gasteiger partial charge in [0.2, 0.25) is 0 Å². The average Bonchev–Trinajstić information content (AvgIpc) is 2.35. The molecular weight excluding hydrogens is 210 g/mol. The van der Waals surface area contributed by atoms with E-state index < -0.39 is 0 Å². The fraction of sp³-hybridized carbons (Fsp3) is 0.267. The largest absolute Gasteiger partial charge is 0.489 e. The Morgan fingerprint density at radius 1 is 1.06 bits per heavy atom. The Hall–Kier alpha value is -1.83. The predicted octanol–water partition coefficient (Wildman–Crippen LogP) is 3.59. The molecule has 2 aromatic rings. The number of pyridine rings is 1. The Morgan fingerprint density at radius 2 is 1.76 bits per heavy atom. The van der Waals surface area contributed by atoms with Gasteiger partial charge in [-0.05, 0) is 49.6 Å². The fourth-order valence-corrected chi connectivity index (χ4v) is 1.78. The van der Waals surface area contributed by atoms with Crippen LogP contribution >= 0.6 is 0 Å². The van der Waals surface area contributed by atoms with Crippen molar-refractivity contribution in [2.45, 2.75) is 27.4 Å². The third-order valence-electron chi connectivity index (χ3n) is 3.05. The smallest absolute Gasteiger partial charge is 0.119 e. The molecule has 0 spiro atoms.